The third kappa shape index (κ3) is 2.78. The minimum Gasteiger partial charge on any atom is -0.480 e. The van der Waals surface area contributed by atoms with E-state index in [1.165, 1.54) is 0 Å². The van der Waals surface area contributed by atoms with E-state index in [2.05, 4.69) is 11.8 Å². The Kier molecular flexibility index (Phi) is 3.70. The molecule has 1 aliphatic heterocycles. The first kappa shape index (κ1) is 12.8. The van der Waals surface area contributed by atoms with E-state index in [4.69, 9.17) is 10.5 Å². The zero-order valence-electron chi connectivity index (χ0n) is 10.4. The van der Waals surface area contributed by atoms with Crippen molar-refractivity contribution in [3.05, 3.63) is 0 Å². The average molecular weight is 242 g/mol. The molecule has 1 aliphatic carbocycles. The Labute approximate surface area is 102 Å². The van der Waals surface area contributed by atoms with E-state index in [9.17, 15) is 9.90 Å². The van der Waals surface area contributed by atoms with Gasteiger partial charge in [-0.05, 0) is 32.6 Å². The van der Waals surface area contributed by atoms with E-state index in [0.717, 1.165) is 32.5 Å². The molecule has 5 nitrogen and oxygen atoms in total. The number of hydrogen-bond donors (Lipinski definition) is 2. The SMILES string of the molecule is CC1CN(C2CCCC(N)(C(=O)O)C2)CCO1. The highest BCUT2D eigenvalue weighted by Crippen LogP contribution is 2.30. The summed E-state index contributed by atoms with van der Waals surface area (Å²) in [5, 5.41) is 9.20. The topological polar surface area (TPSA) is 75.8 Å². The van der Waals surface area contributed by atoms with Crippen molar-refractivity contribution in [2.24, 2.45) is 5.73 Å². The molecule has 2 rings (SSSR count). The molecule has 2 aliphatic rings. The lowest BCUT2D eigenvalue weighted by Gasteiger charge is -2.43. The fourth-order valence-electron chi connectivity index (χ4n) is 2.96. The Hall–Kier alpha value is -0.650. The summed E-state index contributed by atoms with van der Waals surface area (Å²) in [5.74, 6) is -0.858. The quantitative estimate of drug-likeness (QED) is 0.734. The number of carboxylic acid groups (broad SMARTS) is 1. The molecular weight excluding hydrogens is 220 g/mol. The molecule has 0 aromatic carbocycles. The Morgan fingerprint density at radius 3 is 3.00 bits per heavy atom. The molecule has 1 heterocycles. The molecule has 3 atom stereocenters. The van der Waals surface area contributed by atoms with E-state index in [1.807, 2.05) is 0 Å². The van der Waals surface area contributed by atoms with Crippen molar-refractivity contribution in [3.63, 3.8) is 0 Å². The molecule has 3 N–H and O–H groups in total. The average Bonchev–Trinajstić information content (AvgIpc) is 2.29. The normalized spacial score (nSPS) is 40.1. The van der Waals surface area contributed by atoms with Crippen LogP contribution in [0.4, 0.5) is 0 Å². The summed E-state index contributed by atoms with van der Waals surface area (Å²) >= 11 is 0. The summed E-state index contributed by atoms with van der Waals surface area (Å²) in [7, 11) is 0. The molecular formula is C12H22N2O3. The van der Waals surface area contributed by atoms with Gasteiger partial charge in [0, 0.05) is 19.1 Å². The molecule has 3 unspecified atom stereocenters. The van der Waals surface area contributed by atoms with Crippen molar-refractivity contribution in [3.8, 4) is 0 Å². The first-order valence-electron chi connectivity index (χ1n) is 6.39. The molecule has 0 amide bonds. The molecule has 1 saturated heterocycles. The fraction of sp³-hybridized carbons (Fsp3) is 0.917. The van der Waals surface area contributed by atoms with Gasteiger partial charge in [0.15, 0.2) is 0 Å². The minimum absolute atomic E-state index is 0.239. The van der Waals surface area contributed by atoms with Crippen LogP contribution >= 0.6 is 0 Å². The zero-order chi connectivity index (χ0) is 12.5. The van der Waals surface area contributed by atoms with Gasteiger partial charge in [-0.3, -0.25) is 9.69 Å². The molecule has 0 aromatic heterocycles. The van der Waals surface area contributed by atoms with Crippen molar-refractivity contribution in [1.29, 1.82) is 0 Å². The maximum Gasteiger partial charge on any atom is 0.323 e. The predicted octanol–water partition coefficient (Wildman–Crippen LogP) is 0.432. The number of rotatable bonds is 2. The molecule has 17 heavy (non-hydrogen) atoms. The summed E-state index contributed by atoms with van der Waals surface area (Å²) in [5.41, 5.74) is 4.95. The van der Waals surface area contributed by atoms with E-state index < -0.39 is 11.5 Å². The van der Waals surface area contributed by atoms with Gasteiger partial charge < -0.3 is 15.6 Å². The number of nitrogens with two attached hydrogens (primary N) is 1. The van der Waals surface area contributed by atoms with Crippen LogP contribution in [0.15, 0.2) is 0 Å². The van der Waals surface area contributed by atoms with E-state index in [0.29, 0.717) is 18.9 Å². The summed E-state index contributed by atoms with van der Waals surface area (Å²) in [6, 6.07) is 0.302. The monoisotopic (exact) mass is 242 g/mol. The number of aliphatic carboxylic acids is 1. The van der Waals surface area contributed by atoms with Crippen molar-refractivity contribution >= 4 is 5.97 Å². The van der Waals surface area contributed by atoms with Crippen LogP contribution in [-0.4, -0.2) is 53.4 Å². The van der Waals surface area contributed by atoms with Gasteiger partial charge in [0.2, 0.25) is 0 Å². The highest BCUT2D eigenvalue weighted by Gasteiger charge is 2.41. The first-order chi connectivity index (χ1) is 8.01. The number of carbonyl (C=O) groups is 1. The van der Waals surface area contributed by atoms with Crippen LogP contribution in [0.1, 0.15) is 32.6 Å². The van der Waals surface area contributed by atoms with Gasteiger partial charge in [-0.1, -0.05) is 0 Å². The standard InChI is InChI=1S/C12H22N2O3/c1-9-8-14(5-6-17-9)10-3-2-4-12(13,7-10)11(15)16/h9-10H,2-8,13H2,1H3,(H,15,16). The lowest BCUT2D eigenvalue weighted by molar-refractivity contribution is -0.146. The highest BCUT2D eigenvalue weighted by molar-refractivity contribution is 5.78. The van der Waals surface area contributed by atoms with Crippen molar-refractivity contribution in [2.45, 2.75) is 50.3 Å². The molecule has 98 valence electrons. The number of hydrogen-bond acceptors (Lipinski definition) is 4. The van der Waals surface area contributed by atoms with Crippen LogP contribution in [0.2, 0.25) is 0 Å². The van der Waals surface area contributed by atoms with Crippen LogP contribution < -0.4 is 5.73 Å². The second-order valence-electron chi connectivity index (χ2n) is 5.39. The summed E-state index contributed by atoms with van der Waals surface area (Å²) < 4.78 is 5.51. The Balaban J connectivity index is 1.99. The summed E-state index contributed by atoms with van der Waals surface area (Å²) in [6.07, 6.45) is 3.36. The number of morpholine rings is 1. The second-order valence-corrected chi connectivity index (χ2v) is 5.39. The fourth-order valence-corrected chi connectivity index (χ4v) is 2.96. The zero-order valence-corrected chi connectivity index (χ0v) is 10.4. The third-order valence-electron chi connectivity index (χ3n) is 3.97. The Morgan fingerprint density at radius 1 is 1.59 bits per heavy atom. The predicted molar refractivity (Wildman–Crippen MR) is 63.8 cm³/mol. The molecule has 0 radical (unpaired) electrons. The lowest BCUT2D eigenvalue weighted by atomic mass is 9.79. The third-order valence-corrected chi connectivity index (χ3v) is 3.97. The largest absolute Gasteiger partial charge is 0.480 e. The molecule has 1 saturated carbocycles. The summed E-state index contributed by atoms with van der Waals surface area (Å²) in [6.45, 7) is 4.58. The van der Waals surface area contributed by atoms with Crippen molar-refractivity contribution < 1.29 is 14.6 Å². The number of carboxylic acids is 1. The highest BCUT2D eigenvalue weighted by atomic mass is 16.5. The Morgan fingerprint density at radius 2 is 2.35 bits per heavy atom. The van der Waals surface area contributed by atoms with Crippen molar-refractivity contribution in [1.82, 2.24) is 4.90 Å². The number of ether oxygens (including phenoxy) is 1. The van der Waals surface area contributed by atoms with Crippen LogP contribution in [0, 0.1) is 0 Å². The maximum atomic E-state index is 11.2. The van der Waals surface area contributed by atoms with Crippen LogP contribution in [0.5, 0.6) is 0 Å². The first-order valence-corrected chi connectivity index (χ1v) is 6.39. The summed E-state index contributed by atoms with van der Waals surface area (Å²) in [4.78, 5) is 13.5. The van der Waals surface area contributed by atoms with Gasteiger partial charge in [-0.25, -0.2) is 0 Å². The van der Waals surface area contributed by atoms with Gasteiger partial charge in [0.1, 0.15) is 5.54 Å². The van der Waals surface area contributed by atoms with Gasteiger partial charge in [0.25, 0.3) is 0 Å². The van der Waals surface area contributed by atoms with E-state index in [1.54, 1.807) is 0 Å². The second kappa shape index (κ2) is 4.92. The van der Waals surface area contributed by atoms with Gasteiger partial charge in [-0.15, -0.1) is 0 Å². The molecule has 0 bridgehead atoms. The van der Waals surface area contributed by atoms with Gasteiger partial charge >= 0.3 is 5.97 Å². The van der Waals surface area contributed by atoms with E-state index in [-0.39, 0.29) is 6.10 Å². The van der Waals surface area contributed by atoms with Crippen molar-refractivity contribution in [2.75, 3.05) is 19.7 Å². The minimum atomic E-state index is -1.02. The lowest BCUT2D eigenvalue weighted by Crippen LogP contribution is -2.57. The molecule has 2 fully saturated rings. The van der Waals surface area contributed by atoms with E-state index >= 15 is 0 Å². The van der Waals surface area contributed by atoms with Crippen LogP contribution in [-0.2, 0) is 9.53 Å². The van der Waals surface area contributed by atoms with Gasteiger partial charge in [-0.2, -0.15) is 0 Å². The molecule has 0 aromatic rings. The van der Waals surface area contributed by atoms with Gasteiger partial charge in [0.05, 0.1) is 12.7 Å². The Bertz CT molecular complexity index is 297. The maximum absolute atomic E-state index is 11.2. The molecule has 5 heteroatoms. The van der Waals surface area contributed by atoms with Crippen LogP contribution in [0.3, 0.4) is 0 Å². The molecule has 0 spiro atoms. The number of nitrogens with zero attached hydrogens (tertiary/aromatic N) is 1. The smallest absolute Gasteiger partial charge is 0.323 e. The van der Waals surface area contributed by atoms with Crippen LogP contribution in [0.25, 0.3) is 0 Å².